The van der Waals surface area contributed by atoms with E-state index >= 15 is 0 Å². The highest BCUT2D eigenvalue weighted by molar-refractivity contribution is 5.96. The monoisotopic (exact) mass is 163 g/mol. The zero-order valence-corrected chi connectivity index (χ0v) is 6.56. The van der Waals surface area contributed by atoms with Gasteiger partial charge in [0, 0.05) is 10.7 Å². The zero-order valence-electron chi connectivity index (χ0n) is 6.56. The smallest absolute Gasteiger partial charge is 0.263 e. The molecule has 0 heterocycles. The molecule has 0 atom stereocenters. The number of allylic oxidation sites excluding steroid dienone is 4. The van der Waals surface area contributed by atoms with Crippen LogP contribution >= 0.6 is 0 Å². The fraction of sp³-hybridized carbons (Fsp3) is 0. The molecule has 0 rings (SSSR count). The number of nitroso groups, excluding NO2 is 1. The van der Waals surface area contributed by atoms with Crippen molar-refractivity contribution in [3.05, 3.63) is 54.0 Å². The Kier molecular flexibility index (Phi) is 5.09. The lowest BCUT2D eigenvalue weighted by atomic mass is 10.2. The van der Waals surface area contributed by atoms with Crippen LogP contribution in [0.5, 0.6) is 0 Å². The van der Waals surface area contributed by atoms with Crippen molar-refractivity contribution in [2.24, 2.45) is 5.18 Å². The number of hydrogen-bond acceptors (Lipinski definition) is 2. The number of hydrogen-bond donors (Lipinski definition) is 0. The molecule has 0 aromatic rings. The second-order valence-electron chi connectivity index (χ2n) is 1.84. The lowest BCUT2D eigenvalue weighted by molar-refractivity contribution is -0.114. The van der Waals surface area contributed by atoms with Crippen LogP contribution in [-0.2, 0) is 4.79 Å². The van der Waals surface area contributed by atoms with Gasteiger partial charge in [0.1, 0.15) is 0 Å². The van der Waals surface area contributed by atoms with Crippen molar-refractivity contribution in [2.75, 3.05) is 0 Å². The van der Waals surface area contributed by atoms with E-state index in [0.717, 1.165) is 0 Å². The van der Waals surface area contributed by atoms with Gasteiger partial charge in [0.05, 0.1) is 0 Å². The van der Waals surface area contributed by atoms with Gasteiger partial charge in [-0.1, -0.05) is 37.5 Å². The second kappa shape index (κ2) is 5.97. The van der Waals surface area contributed by atoms with Crippen molar-refractivity contribution in [3.63, 3.8) is 0 Å². The zero-order chi connectivity index (χ0) is 9.40. The van der Waals surface area contributed by atoms with Gasteiger partial charge in [-0.05, 0) is 6.08 Å². The van der Waals surface area contributed by atoms with E-state index in [1.165, 1.54) is 12.2 Å². The summed E-state index contributed by atoms with van der Waals surface area (Å²) in [5.74, 6) is -0.821. The van der Waals surface area contributed by atoms with Gasteiger partial charge in [-0.3, -0.25) is 4.79 Å². The first-order valence-electron chi connectivity index (χ1n) is 3.25. The Bertz CT molecular complexity index is 262. The molecular weight excluding hydrogens is 154 g/mol. The number of nitrogens with zero attached hydrogens (tertiary/aromatic N) is 1. The largest absolute Gasteiger partial charge is 0.316 e. The average Bonchev–Trinajstić information content (AvgIpc) is 2.11. The molecular formula is C9H9NO2. The molecule has 0 radical (unpaired) electrons. The van der Waals surface area contributed by atoms with E-state index in [-0.39, 0.29) is 5.57 Å². The summed E-state index contributed by atoms with van der Waals surface area (Å²) in [5.41, 5.74) is 0.170. The Morgan fingerprint density at radius 2 is 1.92 bits per heavy atom. The molecule has 0 bridgehead atoms. The van der Waals surface area contributed by atoms with Gasteiger partial charge in [-0.2, -0.15) is 0 Å². The molecule has 0 aliphatic rings. The number of rotatable bonds is 4. The maximum absolute atomic E-state index is 10.7. The van der Waals surface area contributed by atoms with Crippen LogP contribution in [-0.4, -0.2) is 5.91 Å². The Balaban J connectivity index is 4.53. The predicted molar refractivity (Wildman–Crippen MR) is 48.4 cm³/mol. The van der Waals surface area contributed by atoms with Crippen molar-refractivity contribution in [1.82, 2.24) is 0 Å². The molecule has 0 saturated heterocycles. The molecule has 3 heteroatoms. The molecule has 0 aromatic heterocycles. The fourth-order valence-electron chi connectivity index (χ4n) is 0.517. The summed E-state index contributed by atoms with van der Waals surface area (Å²) in [5, 5.41) is 2.25. The van der Waals surface area contributed by atoms with Crippen molar-refractivity contribution < 1.29 is 4.79 Å². The Morgan fingerprint density at radius 3 is 2.33 bits per heavy atom. The van der Waals surface area contributed by atoms with Gasteiger partial charge < -0.3 is 0 Å². The van der Waals surface area contributed by atoms with Crippen LogP contribution in [0.3, 0.4) is 0 Å². The van der Waals surface area contributed by atoms with Crippen LogP contribution in [0.4, 0.5) is 0 Å². The SMILES string of the molecule is C=C/C=C\C=C(/C=C)C(=O)N=O. The summed E-state index contributed by atoms with van der Waals surface area (Å²) in [6.45, 7) is 6.80. The van der Waals surface area contributed by atoms with Gasteiger partial charge in [-0.15, -0.1) is 4.91 Å². The van der Waals surface area contributed by atoms with Crippen LogP contribution in [0, 0.1) is 4.91 Å². The molecule has 0 aromatic carbocycles. The highest BCUT2D eigenvalue weighted by atomic mass is 16.3. The first kappa shape index (κ1) is 10.2. The van der Waals surface area contributed by atoms with E-state index in [2.05, 4.69) is 18.3 Å². The Hall–Kier alpha value is -1.77. The highest BCUT2D eigenvalue weighted by Crippen LogP contribution is 1.98. The Morgan fingerprint density at radius 1 is 1.25 bits per heavy atom. The third-order valence-electron chi connectivity index (χ3n) is 1.07. The molecule has 12 heavy (non-hydrogen) atoms. The molecule has 3 nitrogen and oxygen atoms in total. The minimum atomic E-state index is -0.821. The maximum atomic E-state index is 10.7. The van der Waals surface area contributed by atoms with E-state index < -0.39 is 5.91 Å². The van der Waals surface area contributed by atoms with Gasteiger partial charge in [0.15, 0.2) is 0 Å². The van der Waals surface area contributed by atoms with Gasteiger partial charge >= 0.3 is 5.91 Å². The first-order chi connectivity index (χ1) is 5.76. The first-order valence-corrected chi connectivity index (χ1v) is 3.25. The van der Waals surface area contributed by atoms with Gasteiger partial charge in [-0.25, -0.2) is 0 Å². The molecule has 0 fully saturated rings. The lowest BCUT2D eigenvalue weighted by Crippen LogP contribution is -1.93. The van der Waals surface area contributed by atoms with E-state index in [1.807, 2.05) is 0 Å². The number of carbonyl (C=O) groups is 1. The van der Waals surface area contributed by atoms with Crippen molar-refractivity contribution >= 4 is 5.91 Å². The van der Waals surface area contributed by atoms with E-state index in [1.54, 1.807) is 18.2 Å². The molecule has 0 saturated carbocycles. The van der Waals surface area contributed by atoms with Crippen molar-refractivity contribution in [2.45, 2.75) is 0 Å². The number of amides is 1. The van der Waals surface area contributed by atoms with Crippen LogP contribution in [0.15, 0.2) is 54.3 Å². The molecule has 0 unspecified atom stereocenters. The summed E-state index contributed by atoms with van der Waals surface area (Å²) in [4.78, 5) is 20.5. The fourth-order valence-corrected chi connectivity index (χ4v) is 0.517. The molecule has 0 aliphatic heterocycles. The minimum Gasteiger partial charge on any atom is -0.263 e. The third kappa shape index (κ3) is 3.41. The number of carbonyl (C=O) groups excluding carboxylic acids is 1. The highest BCUT2D eigenvalue weighted by Gasteiger charge is 2.02. The summed E-state index contributed by atoms with van der Waals surface area (Å²) in [6, 6.07) is 0. The van der Waals surface area contributed by atoms with Crippen LogP contribution in [0.1, 0.15) is 0 Å². The van der Waals surface area contributed by atoms with Gasteiger partial charge in [0.25, 0.3) is 0 Å². The minimum absolute atomic E-state index is 0.170. The predicted octanol–water partition coefficient (Wildman–Crippen LogP) is 2.13. The summed E-state index contributed by atoms with van der Waals surface area (Å²) in [6.07, 6.45) is 7.47. The summed E-state index contributed by atoms with van der Waals surface area (Å²) in [7, 11) is 0. The normalized spacial score (nSPS) is 11.2. The molecule has 1 amide bonds. The maximum Gasteiger partial charge on any atom is 0.316 e. The Labute approximate surface area is 70.8 Å². The van der Waals surface area contributed by atoms with Crippen molar-refractivity contribution in [1.29, 1.82) is 0 Å². The van der Waals surface area contributed by atoms with Crippen molar-refractivity contribution in [3.8, 4) is 0 Å². The van der Waals surface area contributed by atoms with Crippen LogP contribution in [0.25, 0.3) is 0 Å². The topological polar surface area (TPSA) is 46.5 Å². The average molecular weight is 163 g/mol. The molecule has 0 aliphatic carbocycles. The van der Waals surface area contributed by atoms with E-state index in [9.17, 15) is 9.70 Å². The standard InChI is InChI=1S/C9H9NO2/c1-3-5-6-7-8(4-2)9(11)10-12/h3-7H,1-2H2/b6-5-,8-7+. The van der Waals surface area contributed by atoms with Gasteiger partial charge in [0.2, 0.25) is 0 Å². The van der Waals surface area contributed by atoms with E-state index in [4.69, 9.17) is 0 Å². The molecule has 0 N–H and O–H groups in total. The quantitative estimate of drug-likeness (QED) is 0.362. The van der Waals surface area contributed by atoms with Crippen LogP contribution in [0.2, 0.25) is 0 Å². The van der Waals surface area contributed by atoms with Crippen LogP contribution < -0.4 is 0 Å². The summed E-state index contributed by atoms with van der Waals surface area (Å²) >= 11 is 0. The third-order valence-corrected chi connectivity index (χ3v) is 1.07. The molecule has 0 spiro atoms. The molecule has 62 valence electrons. The second-order valence-corrected chi connectivity index (χ2v) is 1.84. The summed E-state index contributed by atoms with van der Waals surface area (Å²) < 4.78 is 0. The lowest BCUT2D eigenvalue weighted by Gasteiger charge is -1.87. The van der Waals surface area contributed by atoms with E-state index in [0.29, 0.717) is 0 Å².